The van der Waals surface area contributed by atoms with Crippen molar-refractivity contribution < 1.29 is 4.79 Å². The Balaban J connectivity index is 1.59. The molecule has 2 aromatic carbocycles. The second-order valence-corrected chi connectivity index (χ2v) is 6.21. The monoisotopic (exact) mass is 333 g/mol. The molecule has 0 radical (unpaired) electrons. The zero-order valence-corrected chi connectivity index (χ0v) is 14.7. The number of aromatic nitrogens is 2. The number of nitrogens with zero attached hydrogens (tertiary/aromatic N) is 2. The lowest BCUT2D eigenvalue weighted by Crippen LogP contribution is -2.27. The van der Waals surface area contributed by atoms with Crippen LogP contribution in [-0.4, -0.2) is 22.0 Å². The average molecular weight is 333 g/mol. The van der Waals surface area contributed by atoms with Gasteiger partial charge in [-0.05, 0) is 36.6 Å². The van der Waals surface area contributed by atoms with Crippen molar-refractivity contribution in [3.05, 3.63) is 89.0 Å². The molecule has 1 heterocycles. The molecule has 0 unspecified atom stereocenters. The quantitative estimate of drug-likeness (QED) is 0.750. The lowest BCUT2D eigenvalue weighted by Gasteiger charge is -2.11. The first-order valence-corrected chi connectivity index (χ1v) is 8.53. The van der Waals surface area contributed by atoms with E-state index in [2.05, 4.69) is 27.0 Å². The number of hydrogen-bond donors (Lipinski definition) is 1. The molecular formula is C21H23N3O. The summed E-state index contributed by atoms with van der Waals surface area (Å²) in [6.07, 6.45) is 4.50. The molecule has 1 N–H and O–H groups in total. The van der Waals surface area contributed by atoms with Crippen LogP contribution >= 0.6 is 0 Å². The largest absolute Gasteiger partial charge is 0.352 e. The first-order valence-electron chi connectivity index (χ1n) is 8.53. The highest BCUT2D eigenvalue weighted by molar-refractivity contribution is 5.95. The van der Waals surface area contributed by atoms with Gasteiger partial charge in [-0.2, -0.15) is 0 Å². The molecule has 0 atom stereocenters. The highest BCUT2D eigenvalue weighted by atomic mass is 16.1. The van der Waals surface area contributed by atoms with Crippen LogP contribution in [0.4, 0.5) is 0 Å². The van der Waals surface area contributed by atoms with E-state index in [1.165, 1.54) is 5.56 Å². The average Bonchev–Trinajstić information content (AvgIpc) is 3.05. The molecule has 0 aliphatic heterocycles. The molecule has 1 amide bonds. The smallest absolute Gasteiger partial charge is 0.251 e. The third kappa shape index (κ3) is 4.15. The van der Waals surface area contributed by atoms with Crippen LogP contribution in [0.5, 0.6) is 0 Å². The van der Waals surface area contributed by atoms with E-state index in [0.717, 1.165) is 29.1 Å². The zero-order valence-electron chi connectivity index (χ0n) is 14.7. The Morgan fingerprint density at radius 1 is 1.08 bits per heavy atom. The van der Waals surface area contributed by atoms with Gasteiger partial charge in [-0.15, -0.1) is 0 Å². The van der Waals surface area contributed by atoms with Crippen molar-refractivity contribution >= 4 is 5.91 Å². The molecule has 0 saturated carbocycles. The third-order valence-corrected chi connectivity index (χ3v) is 4.48. The summed E-state index contributed by atoms with van der Waals surface area (Å²) in [5, 5.41) is 3.00. The summed E-state index contributed by atoms with van der Waals surface area (Å²) in [6, 6.07) is 16.1. The maximum atomic E-state index is 12.4. The first kappa shape index (κ1) is 17.0. The van der Waals surface area contributed by atoms with E-state index in [1.807, 2.05) is 62.6 Å². The molecule has 0 bridgehead atoms. The Bertz CT molecular complexity index is 853. The van der Waals surface area contributed by atoms with Crippen LogP contribution in [0, 0.1) is 13.8 Å². The van der Waals surface area contributed by atoms with E-state index in [4.69, 9.17) is 0 Å². The minimum Gasteiger partial charge on any atom is -0.352 e. The van der Waals surface area contributed by atoms with Crippen molar-refractivity contribution in [2.45, 2.75) is 26.8 Å². The summed E-state index contributed by atoms with van der Waals surface area (Å²) in [6.45, 7) is 5.36. The molecule has 3 rings (SSSR count). The number of hydrogen-bond acceptors (Lipinski definition) is 2. The third-order valence-electron chi connectivity index (χ3n) is 4.48. The predicted molar refractivity (Wildman–Crippen MR) is 99.7 cm³/mol. The summed E-state index contributed by atoms with van der Waals surface area (Å²) >= 11 is 0. The molecule has 0 fully saturated rings. The normalized spacial score (nSPS) is 10.6. The van der Waals surface area contributed by atoms with Crippen molar-refractivity contribution in [2.24, 2.45) is 0 Å². The van der Waals surface area contributed by atoms with Crippen LogP contribution in [0.15, 0.2) is 60.9 Å². The van der Waals surface area contributed by atoms with Gasteiger partial charge in [0.15, 0.2) is 0 Å². The molecule has 128 valence electrons. The van der Waals surface area contributed by atoms with Crippen LogP contribution in [0.2, 0.25) is 0 Å². The van der Waals surface area contributed by atoms with Gasteiger partial charge in [-0.3, -0.25) is 4.79 Å². The highest BCUT2D eigenvalue weighted by Crippen LogP contribution is 2.12. The van der Waals surface area contributed by atoms with Crippen LogP contribution in [0.3, 0.4) is 0 Å². The second-order valence-electron chi connectivity index (χ2n) is 6.21. The summed E-state index contributed by atoms with van der Waals surface area (Å²) < 4.78 is 2.12. The van der Waals surface area contributed by atoms with Gasteiger partial charge in [-0.25, -0.2) is 4.98 Å². The Morgan fingerprint density at radius 2 is 1.88 bits per heavy atom. The number of rotatable bonds is 6. The van der Waals surface area contributed by atoms with Gasteiger partial charge in [0.1, 0.15) is 5.82 Å². The van der Waals surface area contributed by atoms with Crippen LogP contribution in [-0.2, 0) is 13.0 Å². The minimum absolute atomic E-state index is 0.0256. The topological polar surface area (TPSA) is 46.9 Å². The van der Waals surface area contributed by atoms with E-state index in [9.17, 15) is 4.79 Å². The highest BCUT2D eigenvalue weighted by Gasteiger charge is 2.10. The van der Waals surface area contributed by atoms with Gasteiger partial charge in [0.25, 0.3) is 5.91 Å². The maximum Gasteiger partial charge on any atom is 0.251 e. The molecule has 4 nitrogen and oxygen atoms in total. The van der Waals surface area contributed by atoms with Gasteiger partial charge in [-0.1, -0.05) is 42.5 Å². The summed E-state index contributed by atoms with van der Waals surface area (Å²) in [5.74, 6) is 0.951. The fraction of sp³-hybridized carbons (Fsp3) is 0.238. The lowest BCUT2D eigenvalue weighted by molar-refractivity contribution is 0.0953. The lowest BCUT2D eigenvalue weighted by atomic mass is 10.0. The minimum atomic E-state index is -0.0256. The van der Waals surface area contributed by atoms with Crippen molar-refractivity contribution in [1.82, 2.24) is 14.9 Å². The van der Waals surface area contributed by atoms with Gasteiger partial charge in [0, 0.05) is 37.5 Å². The molecule has 0 aliphatic carbocycles. The number of imidazole rings is 1. The maximum absolute atomic E-state index is 12.4. The van der Waals surface area contributed by atoms with E-state index < -0.39 is 0 Å². The standard InChI is InChI=1S/C21H23N3O/c1-16-7-6-10-19(17(16)2)21(25)23-12-11-20-22-13-14-24(20)15-18-8-4-3-5-9-18/h3-10,13-14H,11-12,15H2,1-2H3,(H,23,25). The first-order chi connectivity index (χ1) is 12.1. The SMILES string of the molecule is Cc1cccc(C(=O)NCCc2nccn2Cc2ccccc2)c1C. The van der Waals surface area contributed by atoms with Crippen LogP contribution in [0.1, 0.15) is 32.9 Å². The number of carbonyl (C=O) groups excluding carboxylic acids is 1. The van der Waals surface area contributed by atoms with Crippen LogP contribution in [0.25, 0.3) is 0 Å². The number of nitrogens with one attached hydrogen (secondary N) is 1. The Kier molecular flexibility index (Phi) is 5.29. The van der Waals surface area contributed by atoms with Gasteiger partial charge < -0.3 is 9.88 Å². The van der Waals surface area contributed by atoms with Crippen molar-refractivity contribution in [3.63, 3.8) is 0 Å². The summed E-state index contributed by atoms with van der Waals surface area (Å²) in [5.41, 5.74) is 4.14. The molecule has 0 saturated heterocycles. The number of carbonyl (C=O) groups is 1. The Hall–Kier alpha value is -2.88. The van der Waals surface area contributed by atoms with Crippen molar-refractivity contribution in [2.75, 3.05) is 6.54 Å². The number of aryl methyl sites for hydroxylation is 1. The molecule has 0 aliphatic rings. The Labute approximate surface area is 148 Å². The molecule has 4 heteroatoms. The molecule has 0 spiro atoms. The Morgan fingerprint density at radius 3 is 2.68 bits per heavy atom. The molecule has 25 heavy (non-hydrogen) atoms. The molecule has 1 aromatic heterocycles. The van der Waals surface area contributed by atoms with E-state index in [0.29, 0.717) is 13.0 Å². The van der Waals surface area contributed by atoms with E-state index in [1.54, 1.807) is 0 Å². The number of benzene rings is 2. The molecule has 3 aromatic rings. The summed E-state index contributed by atoms with van der Waals surface area (Å²) in [4.78, 5) is 16.8. The predicted octanol–water partition coefficient (Wildman–Crippen LogP) is 3.52. The van der Waals surface area contributed by atoms with E-state index in [-0.39, 0.29) is 5.91 Å². The second kappa shape index (κ2) is 7.79. The van der Waals surface area contributed by atoms with E-state index >= 15 is 0 Å². The van der Waals surface area contributed by atoms with Gasteiger partial charge >= 0.3 is 0 Å². The zero-order chi connectivity index (χ0) is 17.6. The fourth-order valence-electron chi connectivity index (χ4n) is 2.87. The summed E-state index contributed by atoms with van der Waals surface area (Å²) in [7, 11) is 0. The fourth-order valence-corrected chi connectivity index (χ4v) is 2.87. The van der Waals surface area contributed by atoms with Gasteiger partial charge in [0.05, 0.1) is 0 Å². The van der Waals surface area contributed by atoms with Gasteiger partial charge in [0.2, 0.25) is 0 Å². The van der Waals surface area contributed by atoms with Crippen LogP contribution < -0.4 is 5.32 Å². The van der Waals surface area contributed by atoms with Crippen molar-refractivity contribution in [3.8, 4) is 0 Å². The van der Waals surface area contributed by atoms with Crippen molar-refractivity contribution in [1.29, 1.82) is 0 Å². The number of amides is 1. The molecular weight excluding hydrogens is 310 g/mol.